The molecular weight excluding hydrogens is 352 g/mol. The number of nitrogens with one attached hydrogen (secondary N) is 2. The number of aliphatic carboxylic acids is 1. The van der Waals surface area contributed by atoms with Gasteiger partial charge < -0.3 is 26.4 Å². The van der Waals surface area contributed by atoms with Gasteiger partial charge in [0.2, 0.25) is 17.7 Å². The molecule has 3 amide bonds. The van der Waals surface area contributed by atoms with E-state index in [1.165, 1.54) is 4.90 Å². The Morgan fingerprint density at radius 3 is 2.33 bits per heavy atom. The molecule has 1 rings (SSSR count). The fourth-order valence-electron chi connectivity index (χ4n) is 3.00. The normalized spacial score (nSPS) is 19.1. The van der Waals surface area contributed by atoms with Crippen LogP contribution in [-0.4, -0.2) is 64.9 Å². The van der Waals surface area contributed by atoms with E-state index in [0.717, 1.165) is 0 Å². The van der Waals surface area contributed by atoms with Crippen LogP contribution in [0.1, 0.15) is 47.0 Å². The van der Waals surface area contributed by atoms with Gasteiger partial charge in [-0.3, -0.25) is 14.4 Å². The number of nitrogens with zero attached hydrogens (tertiary/aromatic N) is 1. The molecule has 1 fully saturated rings. The van der Waals surface area contributed by atoms with Crippen LogP contribution in [-0.2, 0) is 19.2 Å². The molecule has 154 valence electrons. The predicted molar refractivity (Wildman–Crippen MR) is 99.6 cm³/mol. The van der Waals surface area contributed by atoms with Gasteiger partial charge in [-0.1, -0.05) is 27.7 Å². The molecular formula is C18H32N4O5. The van der Waals surface area contributed by atoms with E-state index in [2.05, 4.69) is 10.6 Å². The van der Waals surface area contributed by atoms with E-state index >= 15 is 0 Å². The third kappa shape index (κ3) is 6.82. The maximum absolute atomic E-state index is 12.4. The Morgan fingerprint density at radius 2 is 1.81 bits per heavy atom. The highest BCUT2D eigenvalue weighted by atomic mass is 16.4. The number of carboxylic acids is 1. The molecule has 0 aromatic rings. The van der Waals surface area contributed by atoms with Crippen molar-refractivity contribution < 1.29 is 24.3 Å². The Morgan fingerprint density at radius 1 is 1.19 bits per heavy atom. The standard InChI is InChI=1S/C18H32N4O5/c1-10(2)8-12(18(26)27)21-14(23)9-20-16(24)13-6-5-7-22(13)17(25)15(19)11(3)4/h10-13,15H,5-9,19H2,1-4H3,(H,20,24)(H,21,23)(H,26,27)/t12-,13+,15-/m0/s1. The molecule has 9 heteroatoms. The summed E-state index contributed by atoms with van der Waals surface area (Å²) < 4.78 is 0. The van der Waals surface area contributed by atoms with E-state index < -0.39 is 35.9 Å². The second kappa shape index (κ2) is 10.2. The molecule has 0 aliphatic carbocycles. The second-order valence-electron chi connectivity index (χ2n) is 7.77. The van der Waals surface area contributed by atoms with Gasteiger partial charge in [-0.05, 0) is 31.1 Å². The van der Waals surface area contributed by atoms with Crippen LogP contribution in [0.15, 0.2) is 0 Å². The quantitative estimate of drug-likeness (QED) is 0.430. The minimum absolute atomic E-state index is 0.0403. The summed E-state index contributed by atoms with van der Waals surface area (Å²) in [6.07, 6.45) is 1.50. The zero-order chi connectivity index (χ0) is 20.7. The summed E-state index contributed by atoms with van der Waals surface area (Å²) in [5.41, 5.74) is 5.90. The molecule has 0 spiro atoms. The minimum atomic E-state index is -1.11. The highest BCUT2D eigenvalue weighted by Crippen LogP contribution is 2.19. The number of nitrogens with two attached hydrogens (primary N) is 1. The van der Waals surface area contributed by atoms with Crippen LogP contribution in [0.25, 0.3) is 0 Å². The largest absolute Gasteiger partial charge is 0.480 e. The molecule has 27 heavy (non-hydrogen) atoms. The van der Waals surface area contributed by atoms with E-state index in [1.807, 2.05) is 27.7 Å². The summed E-state index contributed by atoms with van der Waals surface area (Å²) in [4.78, 5) is 49.5. The fourth-order valence-corrected chi connectivity index (χ4v) is 3.00. The zero-order valence-corrected chi connectivity index (χ0v) is 16.5. The number of hydrogen-bond acceptors (Lipinski definition) is 5. The van der Waals surface area contributed by atoms with Gasteiger partial charge in [-0.25, -0.2) is 4.79 Å². The average molecular weight is 384 g/mol. The number of likely N-dealkylation sites (tertiary alicyclic amines) is 1. The lowest BCUT2D eigenvalue weighted by Crippen LogP contribution is -2.54. The monoisotopic (exact) mass is 384 g/mol. The SMILES string of the molecule is CC(C)C[C@H](NC(=O)CNC(=O)[C@H]1CCCN1C(=O)[C@@H](N)C(C)C)C(=O)O. The molecule has 1 aliphatic rings. The van der Waals surface area contributed by atoms with Crippen molar-refractivity contribution in [2.24, 2.45) is 17.6 Å². The lowest BCUT2D eigenvalue weighted by molar-refractivity contribution is -0.142. The van der Waals surface area contributed by atoms with Crippen LogP contribution in [0.5, 0.6) is 0 Å². The van der Waals surface area contributed by atoms with Crippen LogP contribution in [0.4, 0.5) is 0 Å². The third-order valence-electron chi connectivity index (χ3n) is 4.61. The number of carbonyl (C=O) groups excluding carboxylic acids is 3. The summed E-state index contributed by atoms with van der Waals surface area (Å²) in [5, 5.41) is 14.1. The molecule has 0 aromatic carbocycles. The minimum Gasteiger partial charge on any atom is -0.480 e. The number of rotatable bonds is 9. The zero-order valence-electron chi connectivity index (χ0n) is 16.5. The van der Waals surface area contributed by atoms with Crippen molar-refractivity contribution in [1.82, 2.24) is 15.5 Å². The molecule has 0 unspecified atom stereocenters. The van der Waals surface area contributed by atoms with E-state index in [9.17, 15) is 19.2 Å². The highest BCUT2D eigenvalue weighted by molar-refractivity contribution is 5.93. The molecule has 0 aromatic heterocycles. The second-order valence-corrected chi connectivity index (χ2v) is 7.77. The van der Waals surface area contributed by atoms with Gasteiger partial charge in [0.05, 0.1) is 12.6 Å². The molecule has 9 nitrogen and oxygen atoms in total. The van der Waals surface area contributed by atoms with Crippen molar-refractivity contribution in [2.75, 3.05) is 13.1 Å². The summed E-state index contributed by atoms with van der Waals surface area (Å²) >= 11 is 0. The first-order valence-corrected chi connectivity index (χ1v) is 9.40. The Bertz CT molecular complexity index is 564. The van der Waals surface area contributed by atoms with E-state index in [1.54, 1.807) is 0 Å². The molecule has 3 atom stereocenters. The Balaban J connectivity index is 2.58. The summed E-state index contributed by atoms with van der Waals surface area (Å²) in [6.45, 7) is 7.52. The maximum atomic E-state index is 12.4. The van der Waals surface area contributed by atoms with Crippen LogP contribution >= 0.6 is 0 Å². The van der Waals surface area contributed by atoms with Crippen LogP contribution in [0, 0.1) is 11.8 Å². The summed E-state index contributed by atoms with van der Waals surface area (Å²) in [5.74, 6) is -2.33. The van der Waals surface area contributed by atoms with E-state index in [-0.39, 0.29) is 24.3 Å². The first-order chi connectivity index (χ1) is 12.5. The highest BCUT2D eigenvalue weighted by Gasteiger charge is 2.36. The third-order valence-corrected chi connectivity index (χ3v) is 4.61. The fraction of sp³-hybridized carbons (Fsp3) is 0.778. The number of amides is 3. The number of hydrogen-bond donors (Lipinski definition) is 4. The molecule has 0 bridgehead atoms. The average Bonchev–Trinajstić information content (AvgIpc) is 3.06. The van der Waals surface area contributed by atoms with Crippen molar-refractivity contribution in [3.05, 3.63) is 0 Å². The van der Waals surface area contributed by atoms with Crippen molar-refractivity contribution in [3.8, 4) is 0 Å². The Labute approximate surface area is 160 Å². The predicted octanol–water partition coefficient (Wildman–Crippen LogP) is -0.308. The van der Waals surface area contributed by atoms with Crippen molar-refractivity contribution in [1.29, 1.82) is 0 Å². The molecule has 0 radical (unpaired) electrons. The van der Waals surface area contributed by atoms with E-state index in [0.29, 0.717) is 25.8 Å². The van der Waals surface area contributed by atoms with Gasteiger partial charge in [0.15, 0.2) is 0 Å². The van der Waals surface area contributed by atoms with Crippen molar-refractivity contribution in [3.63, 3.8) is 0 Å². The topological polar surface area (TPSA) is 142 Å². The van der Waals surface area contributed by atoms with Gasteiger partial charge in [0, 0.05) is 6.54 Å². The molecule has 1 saturated heterocycles. The van der Waals surface area contributed by atoms with Crippen LogP contribution in [0.2, 0.25) is 0 Å². The first-order valence-electron chi connectivity index (χ1n) is 9.40. The first kappa shape index (κ1) is 22.9. The molecule has 1 aliphatic heterocycles. The lowest BCUT2D eigenvalue weighted by Gasteiger charge is -2.28. The van der Waals surface area contributed by atoms with Crippen molar-refractivity contribution >= 4 is 23.7 Å². The number of carbonyl (C=O) groups is 4. The molecule has 1 heterocycles. The summed E-state index contributed by atoms with van der Waals surface area (Å²) in [6, 6.07) is -2.32. The Kier molecular flexibility index (Phi) is 8.68. The Hall–Kier alpha value is -2.16. The van der Waals surface area contributed by atoms with Gasteiger partial charge in [0.25, 0.3) is 0 Å². The molecule has 5 N–H and O–H groups in total. The number of carboxylic acid groups (broad SMARTS) is 1. The van der Waals surface area contributed by atoms with Crippen LogP contribution < -0.4 is 16.4 Å². The van der Waals surface area contributed by atoms with E-state index in [4.69, 9.17) is 10.8 Å². The van der Waals surface area contributed by atoms with Crippen molar-refractivity contribution in [2.45, 2.75) is 65.1 Å². The maximum Gasteiger partial charge on any atom is 0.326 e. The lowest BCUT2D eigenvalue weighted by atomic mass is 10.0. The van der Waals surface area contributed by atoms with Crippen LogP contribution in [0.3, 0.4) is 0 Å². The molecule has 0 saturated carbocycles. The van der Waals surface area contributed by atoms with Gasteiger partial charge in [0.1, 0.15) is 12.1 Å². The van der Waals surface area contributed by atoms with Gasteiger partial charge >= 0.3 is 5.97 Å². The smallest absolute Gasteiger partial charge is 0.326 e. The summed E-state index contributed by atoms with van der Waals surface area (Å²) in [7, 11) is 0. The van der Waals surface area contributed by atoms with Gasteiger partial charge in [-0.2, -0.15) is 0 Å². The van der Waals surface area contributed by atoms with Gasteiger partial charge in [-0.15, -0.1) is 0 Å².